The van der Waals surface area contributed by atoms with E-state index in [1.807, 2.05) is 24.3 Å². The minimum absolute atomic E-state index is 0.153. The first-order chi connectivity index (χ1) is 9.76. The number of nitrogens with two attached hydrogens (primary N) is 1. The van der Waals surface area contributed by atoms with Gasteiger partial charge in [-0.25, -0.2) is 0 Å². The predicted molar refractivity (Wildman–Crippen MR) is 77.9 cm³/mol. The van der Waals surface area contributed by atoms with Gasteiger partial charge in [0.25, 0.3) is 0 Å². The molecule has 1 saturated heterocycles. The van der Waals surface area contributed by atoms with Crippen LogP contribution >= 0.6 is 0 Å². The van der Waals surface area contributed by atoms with Crippen molar-refractivity contribution in [3.8, 4) is 5.75 Å². The molecule has 20 heavy (non-hydrogen) atoms. The van der Waals surface area contributed by atoms with Crippen molar-refractivity contribution in [1.29, 1.82) is 0 Å². The van der Waals surface area contributed by atoms with Crippen molar-refractivity contribution in [3.05, 3.63) is 29.8 Å². The minimum atomic E-state index is 0.153. The number of benzene rings is 1. The van der Waals surface area contributed by atoms with E-state index in [4.69, 9.17) is 19.9 Å². The van der Waals surface area contributed by atoms with Gasteiger partial charge in [-0.3, -0.25) is 4.90 Å². The molecular formula is C15H24N2O3. The molecule has 2 rings (SSSR count). The number of ether oxygens (including phenoxy) is 3. The average Bonchev–Trinajstić information content (AvgIpc) is 2.90. The van der Waals surface area contributed by atoms with Crippen LogP contribution in [0.1, 0.15) is 5.56 Å². The molecule has 0 saturated carbocycles. The zero-order chi connectivity index (χ0) is 14.4. The summed E-state index contributed by atoms with van der Waals surface area (Å²) in [7, 11) is 3.46. The molecule has 1 fully saturated rings. The Morgan fingerprint density at radius 3 is 2.50 bits per heavy atom. The van der Waals surface area contributed by atoms with Crippen molar-refractivity contribution in [3.63, 3.8) is 0 Å². The molecule has 1 aliphatic rings. The average molecular weight is 280 g/mol. The zero-order valence-corrected chi connectivity index (χ0v) is 12.2. The highest BCUT2D eigenvalue weighted by molar-refractivity contribution is 5.28. The van der Waals surface area contributed by atoms with Gasteiger partial charge in [0.2, 0.25) is 0 Å². The Morgan fingerprint density at radius 1 is 1.20 bits per heavy atom. The second-order valence-electron chi connectivity index (χ2n) is 5.01. The van der Waals surface area contributed by atoms with Crippen LogP contribution in [0.4, 0.5) is 0 Å². The van der Waals surface area contributed by atoms with E-state index in [1.165, 1.54) is 0 Å². The van der Waals surface area contributed by atoms with Gasteiger partial charge in [0, 0.05) is 40.4 Å². The van der Waals surface area contributed by atoms with E-state index in [2.05, 4.69) is 4.90 Å². The number of likely N-dealkylation sites (tertiary alicyclic amines) is 1. The summed E-state index contributed by atoms with van der Waals surface area (Å²) in [4.78, 5) is 2.30. The number of hydrogen-bond acceptors (Lipinski definition) is 5. The van der Waals surface area contributed by atoms with Crippen molar-refractivity contribution in [1.82, 2.24) is 4.90 Å². The fourth-order valence-electron chi connectivity index (χ4n) is 2.51. The van der Waals surface area contributed by atoms with Crippen molar-refractivity contribution < 1.29 is 14.2 Å². The minimum Gasteiger partial charge on any atom is -0.492 e. The molecule has 0 radical (unpaired) electrons. The first-order valence-electron chi connectivity index (χ1n) is 6.96. The smallest absolute Gasteiger partial charge is 0.119 e. The SMILES string of the molecule is COC1CN(CCOc2cccc(CN)c2)CC1OC. The summed E-state index contributed by atoms with van der Waals surface area (Å²) in [5.74, 6) is 0.874. The Hall–Kier alpha value is -1.14. The molecule has 2 atom stereocenters. The zero-order valence-electron chi connectivity index (χ0n) is 12.2. The Kier molecular flexibility index (Phi) is 5.79. The lowest BCUT2D eigenvalue weighted by atomic mass is 10.2. The van der Waals surface area contributed by atoms with Crippen molar-refractivity contribution in [2.24, 2.45) is 5.73 Å². The van der Waals surface area contributed by atoms with E-state index < -0.39 is 0 Å². The van der Waals surface area contributed by atoms with Gasteiger partial charge >= 0.3 is 0 Å². The molecule has 1 heterocycles. The fourth-order valence-corrected chi connectivity index (χ4v) is 2.51. The van der Waals surface area contributed by atoms with Crippen LogP contribution < -0.4 is 10.5 Å². The molecule has 112 valence electrons. The maximum absolute atomic E-state index is 5.77. The third-order valence-corrected chi connectivity index (χ3v) is 3.71. The number of hydrogen-bond donors (Lipinski definition) is 1. The molecule has 2 N–H and O–H groups in total. The highest BCUT2D eigenvalue weighted by Crippen LogP contribution is 2.16. The third-order valence-electron chi connectivity index (χ3n) is 3.71. The van der Waals surface area contributed by atoms with E-state index in [1.54, 1.807) is 14.2 Å². The maximum Gasteiger partial charge on any atom is 0.119 e. The summed E-state index contributed by atoms with van der Waals surface area (Å²) in [6.07, 6.45) is 0.307. The van der Waals surface area contributed by atoms with E-state index in [0.29, 0.717) is 13.2 Å². The molecule has 5 nitrogen and oxygen atoms in total. The molecule has 0 spiro atoms. The van der Waals surface area contributed by atoms with E-state index in [0.717, 1.165) is 30.9 Å². The van der Waals surface area contributed by atoms with Gasteiger partial charge < -0.3 is 19.9 Å². The molecule has 1 aromatic carbocycles. The summed E-state index contributed by atoms with van der Waals surface area (Å²) in [5.41, 5.74) is 6.70. The number of rotatable bonds is 7. The molecule has 0 aliphatic carbocycles. The molecule has 0 bridgehead atoms. The summed E-state index contributed by atoms with van der Waals surface area (Å²) in [6, 6.07) is 7.91. The van der Waals surface area contributed by atoms with Crippen LogP contribution in [-0.2, 0) is 16.0 Å². The van der Waals surface area contributed by atoms with Crippen LogP contribution in [0.25, 0.3) is 0 Å². The fraction of sp³-hybridized carbons (Fsp3) is 0.600. The predicted octanol–water partition coefficient (Wildman–Crippen LogP) is 0.870. The maximum atomic E-state index is 5.77. The van der Waals surface area contributed by atoms with E-state index >= 15 is 0 Å². The summed E-state index contributed by atoms with van der Waals surface area (Å²) in [5, 5.41) is 0. The second-order valence-corrected chi connectivity index (χ2v) is 5.01. The van der Waals surface area contributed by atoms with Gasteiger partial charge in [-0.1, -0.05) is 12.1 Å². The Bertz CT molecular complexity index is 402. The van der Waals surface area contributed by atoms with Gasteiger partial charge in [-0.05, 0) is 17.7 Å². The monoisotopic (exact) mass is 280 g/mol. The number of methoxy groups -OCH3 is 2. The Morgan fingerprint density at radius 2 is 1.90 bits per heavy atom. The lowest BCUT2D eigenvalue weighted by Crippen LogP contribution is -2.27. The molecule has 0 aromatic heterocycles. The van der Waals surface area contributed by atoms with Gasteiger partial charge in [0.05, 0.1) is 12.2 Å². The number of nitrogens with zero attached hydrogens (tertiary/aromatic N) is 1. The van der Waals surface area contributed by atoms with Crippen molar-refractivity contribution in [2.45, 2.75) is 18.8 Å². The van der Waals surface area contributed by atoms with Crippen LogP contribution in [0.15, 0.2) is 24.3 Å². The lowest BCUT2D eigenvalue weighted by molar-refractivity contribution is -0.00461. The van der Waals surface area contributed by atoms with Crippen LogP contribution in [-0.4, -0.2) is 57.6 Å². The lowest BCUT2D eigenvalue weighted by Gasteiger charge is -2.15. The van der Waals surface area contributed by atoms with Crippen LogP contribution in [0.2, 0.25) is 0 Å². The van der Waals surface area contributed by atoms with E-state index in [-0.39, 0.29) is 12.2 Å². The summed E-state index contributed by atoms with van der Waals surface area (Å²) >= 11 is 0. The Labute approximate surface area is 120 Å². The largest absolute Gasteiger partial charge is 0.492 e. The molecule has 0 amide bonds. The van der Waals surface area contributed by atoms with Gasteiger partial charge in [0.15, 0.2) is 0 Å². The Balaban J connectivity index is 1.76. The van der Waals surface area contributed by atoms with Crippen LogP contribution in [0.3, 0.4) is 0 Å². The van der Waals surface area contributed by atoms with Gasteiger partial charge in [0.1, 0.15) is 12.4 Å². The van der Waals surface area contributed by atoms with Crippen molar-refractivity contribution in [2.75, 3.05) is 40.5 Å². The summed E-state index contributed by atoms with van der Waals surface area (Å²) in [6.45, 7) is 3.84. The molecule has 5 heteroatoms. The molecular weight excluding hydrogens is 256 g/mol. The molecule has 1 aliphatic heterocycles. The molecule has 2 unspecified atom stereocenters. The second kappa shape index (κ2) is 7.59. The molecule has 1 aromatic rings. The van der Waals surface area contributed by atoms with E-state index in [9.17, 15) is 0 Å². The first-order valence-corrected chi connectivity index (χ1v) is 6.96. The quantitative estimate of drug-likeness (QED) is 0.803. The normalized spacial score (nSPS) is 23.1. The highest BCUT2D eigenvalue weighted by Gasteiger charge is 2.32. The first kappa shape index (κ1) is 15.3. The topological polar surface area (TPSA) is 57.0 Å². The van der Waals surface area contributed by atoms with Crippen molar-refractivity contribution >= 4 is 0 Å². The standard InChI is InChI=1S/C15H24N2O3/c1-18-14-10-17(11-15(14)19-2)6-7-20-13-5-3-4-12(8-13)9-16/h3-5,8,14-15H,6-7,9-11,16H2,1-2H3. The van der Waals surface area contributed by atoms with Gasteiger partial charge in [-0.2, -0.15) is 0 Å². The third kappa shape index (κ3) is 3.93. The van der Waals surface area contributed by atoms with Crippen LogP contribution in [0.5, 0.6) is 5.75 Å². The van der Waals surface area contributed by atoms with Gasteiger partial charge in [-0.15, -0.1) is 0 Å². The summed E-state index contributed by atoms with van der Waals surface area (Å²) < 4.78 is 16.6. The van der Waals surface area contributed by atoms with Crippen LogP contribution in [0, 0.1) is 0 Å². The highest BCUT2D eigenvalue weighted by atomic mass is 16.5.